The van der Waals surface area contributed by atoms with E-state index in [1.54, 1.807) is 0 Å². The summed E-state index contributed by atoms with van der Waals surface area (Å²) in [6.45, 7) is 11.1. The van der Waals surface area contributed by atoms with Crippen molar-refractivity contribution in [2.45, 2.75) is 65.7 Å². The molecule has 0 bridgehead atoms. The van der Waals surface area contributed by atoms with Gasteiger partial charge in [0.2, 0.25) is 0 Å². The van der Waals surface area contributed by atoms with Crippen LogP contribution in [0.4, 0.5) is 0 Å². The summed E-state index contributed by atoms with van der Waals surface area (Å²) < 4.78 is 0. The molecule has 2 saturated carbocycles. The molecule has 2 rings (SSSR count). The van der Waals surface area contributed by atoms with Gasteiger partial charge in [-0.2, -0.15) is 0 Å². The summed E-state index contributed by atoms with van der Waals surface area (Å²) in [6, 6.07) is 0. The fraction of sp³-hybridized carbons (Fsp3) is 0.750. The van der Waals surface area contributed by atoms with Gasteiger partial charge in [-0.25, -0.2) is 4.79 Å². The van der Waals surface area contributed by atoms with Gasteiger partial charge in [0, 0.05) is 12.7 Å². The molecule has 2 N–H and O–H groups in total. The third kappa shape index (κ3) is 3.55. The molecule has 0 spiro atoms. The van der Waals surface area contributed by atoms with Crippen LogP contribution >= 0.6 is 0 Å². The van der Waals surface area contributed by atoms with Gasteiger partial charge in [-0.15, -0.1) is 0 Å². The highest BCUT2D eigenvalue weighted by Gasteiger charge is 2.53. The number of rotatable bonds is 5. The molecule has 0 aromatic rings. The maximum Gasteiger partial charge on any atom is 0.328 e. The molecule has 0 saturated heterocycles. The number of hydrogen-bond acceptors (Lipinski definition) is 2. The van der Waals surface area contributed by atoms with Crippen LogP contribution in [0, 0.1) is 22.7 Å². The number of allylic oxidation sites excluding steroid dienone is 2. The topological polar surface area (TPSA) is 57.5 Å². The molecule has 2 fully saturated rings. The lowest BCUT2D eigenvalue weighted by atomic mass is 9.47. The Morgan fingerprint density at radius 2 is 2.09 bits per heavy atom. The van der Waals surface area contributed by atoms with Gasteiger partial charge >= 0.3 is 5.97 Å². The summed E-state index contributed by atoms with van der Waals surface area (Å²) in [6.07, 6.45) is 8.76. The first-order valence-electron chi connectivity index (χ1n) is 8.91. The quantitative estimate of drug-likeness (QED) is 0.576. The minimum Gasteiger partial charge on any atom is -0.478 e. The summed E-state index contributed by atoms with van der Waals surface area (Å²) in [7, 11) is 0. The summed E-state index contributed by atoms with van der Waals surface area (Å²) >= 11 is 0. The molecule has 4 atom stereocenters. The zero-order valence-corrected chi connectivity index (χ0v) is 14.9. The molecule has 3 heteroatoms. The number of aliphatic hydroxyl groups is 1. The van der Waals surface area contributed by atoms with E-state index in [9.17, 15) is 9.90 Å². The Bertz CT molecular complexity index is 507. The number of carboxylic acid groups (broad SMARTS) is 1. The first-order valence-corrected chi connectivity index (χ1v) is 8.91. The molecule has 0 heterocycles. The van der Waals surface area contributed by atoms with Crippen molar-refractivity contribution in [1.29, 1.82) is 0 Å². The number of aliphatic carboxylic acids is 1. The zero-order chi connectivity index (χ0) is 17.3. The monoisotopic (exact) mass is 320 g/mol. The second kappa shape index (κ2) is 6.80. The molecule has 0 amide bonds. The maximum atomic E-state index is 10.8. The standard InChI is InChI=1S/C20H32O3/c1-14(12-18(22)23)6-8-16-15(2)7-9-17-19(3,13-21)10-5-11-20(16,17)4/h12,16-17,21H,2,5-11,13H2,1,3-4H3,(H,22,23)/b14-12+/t16-,17-,19-,20-/m1/s1. The zero-order valence-electron chi connectivity index (χ0n) is 14.9. The largest absolute Gasteiger partial charge is 0.478 e. The van der Waals surface area contributed by atoms with E-state index >= 15 is 0 Å². The van der Waals surface area contributed by atoms with Crippen LogP contribution in [0.15, 0.2) is 23.8 Å². The van der Waals surface area contributed by atoms with Gasteiger partial charge in [-0.05, 0) is 68.1 Å². The third-order valence-electron chi connectivity index (χ3n) is 6.70. The van der Waals surface area contributed by atoms with Crippen LogP contribution in [0.1, 0.15) is 65.7 Å². The summed E-state index contributed by atoms with van der Waals surface area (Å²) in [5.74, 6) is 0.108. The minimum atomic E-state index is -0.861. The summed E-state index contributed by atoms with van der Waals surface area (Å²) in [4.78, 5) is 10.8. The van der Waals surface area contributed by atoms with Crippen molar-refractivity contribution in [3.63, 3.8) is 0 Å². The Kier molecular flexibility index (Phi) is 5.40. The van der Waals surface area contributed by atoms with Gasteiger partial charge in [0.15, 0.2) is 0 Å². The van der Waals surface area contributed by atoms with Gasteiger partial charge in [-0.3, -0.25) is 0 Å². The van der Waals surface area contributed by atoms with Gasteiger partial charge in [0.25, 0.3) is 0 Å². The Hall–Kier alpha value is -1.09. The molecule has 2 aliphatic rings. The van der Waals surface area contributed by atoms with Crippen molar-refractivity contribution in [1.82, 2.24) is 0 Å². The molecule has 0 unspecified atom stereocenters. The van der Waals surface area contributed by atoms with Crippen LogP contribution in [-0.2, 0) is 4.79 Å². The Morgan fingerprint density at radius 3 is 2.70 bits per heavy atom. The highest BCUT2D eigenvalue weighted by molar-refractivity contribution is 5.80. The normalized spacial score (nSPS) is 38.3. The maximum absolute atomic E-state index is 10.8. The van der Waals surface area contributed by atoms with Crippen molar-refractivity contribution in [3.8, 4) is 0 Å². The van der Waals surface area contributed by atoms with Gasteiger partial charge in [0.1, 0.15) is 0 Å². The third-order valence-corrected chi connectivity index (χ3v) is 6.70. The lowest BCUT2D eigenvalue weighted by Gasteiger charge is -2.58. The lowest BCUT2D eigenvalue weighted by Crippen LogP contribution is -2.51. The number of aliphatic hydroxyl groups excluding tert-OH is 1. The molecule has 0 aromatic carbocycles. The van der Waals surface area contributed by atoms with Crippen LogP contribution < -0.4 is 0 Å². The molecule has 0 radical (unpaired) electrons. The molecule has 0 aliphatic heterocycles. The highest BCUT2D eigenvalue weighted by Crippen LogP contribution is 2.61. The van der Waals surface area contributed by atoms with Crippen LogP contribution in [-0.4, -0.2) is 22.8 Å². The van der Waals surface area contributed by atoms with E-state index in [-0.39, 0.29) is 17.4 Å². The van der Waals surface area contributed by atoms with Crippen molar-refractivity contribution < 1.29 is 15.0 Å². The van der Waals surface area contributed by atoms with Crippen LogP contribution in [0.25, 0.3) is 0 Å². The second-order valence-electron chi connectivity index (χ2n) is 8.34. The summed E-state index contributed by atoms with van der Waals surface area (Å²) in [5.41, 5.74) is 2.47. The molecular formula is C20H32O3. The van der Waals surface area contributed by atoms with E-state index in [1.165, 1.54) is 18.1 Å². The first kappa shape index (κ1) is 18.3. The molecule has 130 valence electrons. The highest BCUT2D eigenvalue weighted by atomic mass is 16.4. The minimum absolute atomic E-state index is 0.0257. The van der Waals surface area contributed by atoms with Crippen molar-refractivity contribution in [2.24, 2.45) is 22.7 Å². The van der Waals surface area contributed by atoms with Crippen LogP contribution in [0.3, 0.4) is 0 Å². The Balaban J connectivity index is 2.20. The second-order valence-corrected chi connectivity index (χ2v) is 8.34. The Morgan fingerprint density at radius 1 is 1.39 bits per heavy atom. The molecule has 0 aromatic heterocycles. The molecule has 3 nitrogen and oxygen atoms in total. The van der Waals surface area contributed by atoms with Crippen LogP contribution in [0.5, 0.6) is 0 Å². The van der Waals surface area contributed by atoms with Gasteiger partial charge < -0.3 is 10.2 Å². The predicted octanol–water partition coefficient (Wildman–Crippen LogP) is 4.57. The van der Waals surface area contributed by atoms with E-state index in [4.69, 9.17) is 5.11 Å². The van der Waals surface area contributed by atoms with Crippen LogP contribution in [0.2, 0.25) is 0 Å². The van der Waals surface area contributed by atoms with E-state index in [2.05, 4.69) is 20.4 Å². The van der Waals surface area contributed by atoms with Crippen molar-refractivity contribution in [2.75, 3.05) is 6.61 Å². The lowest BCUT2D eigenvalue weighted by molar-refractivity contribution is -0.131. The van der Waals surface area contributed by atoms with E-state index < -0.39 is 5.97 Å². The summed E-state index contributed by atoms with van der Waals surface area (Å²) in [5, 5.41) is 18.9. The number of fused-ring (bicyclic) bond motifs is 1. The van der Waals surface area contributed by atoms with Gasteiger partial charge in [-0.1, -0.05) is 38.0 Å². The Labute approximate surface area is 140 Å². The molecule has 23 heavy (non-hydrogen) atoms. The average molecular weight is 320 g/mol. The number of carboxylic acids is 1. The first-order chi connectivity index (χ1) is 10.7. The fourth-order valence-corrected chi connectivity index (χ4v) is 5.46. The molecule has 2 aliphatic carbocycles. The van der Waals surface area contributed by atoms with Crippen molar-refractivity contribution in [3.05, 3.63) is 23.8 Å². The van der Waals surface area contributed by atoms with Crippen molar-refractivity contribution >= 4 is 5.97 Å². The average Bonchev–Trinajstić information content (AvgIpc) is 2.45. The van der Waals surface area contributed by atoms with E-state index in [0.717, 1.165) is 44.1 Å². The number of hydrogen-bond donors (Lipinski definition) is 2. The fourth-order valence-electron chi connectivity index (χ4n) is 5.46. The predicted molar refractivity (Wildman–Crippen MR) is 93.1 cm³/mol. The van der Waals surface area contributed by atoms with Gasteiger partial charge in [0.05, 0.1) is 0 Å². The molecular weight excluding hydrogens is 288 g/mol. The van der Waals surface area contributed by atoms with E-state index in [1.807, 2.05) is 6.92 Å². The van der Waals surface area contributed by atoms with E-state index in [0.29, 0.717) is 11.8 Å². The smallest absolute Gasteiger partial charge is 0.328 e. The number of carbonyl (C=O) groups is 1. The SMILES string of the molecule is C=C1CC[C@@H]2[C@@](C)(CO)CCC[C@]2(C)[C@@H]1CC/C(C)=C/C(=O)O.